The number of benzene rings is 2. The maximum absolute atomic E-state index is 13.4. The highest BCUT2D eigenvalue weighted by atomic mass is 35.5. The second-order valence-corrected chi connectivity index (χ2v) is 7.88. The summed E-state index contributed by atoms with van der Waals surface area (Å²) in [5, 5.41) is 18.0. The monoisotopic (exact) mass is 523 g/mol. The summed E-state index contributed by atoms with van der Waals surface area (Å²) in [6, 6.07) is 9.68. The Labute approximate surface area is 204 Å². The summed E-state index contributed by atoms with van der Waals surface area (Å²) in [5.74, 6) is -0.574. The van der Waals surface area contributed by atoms with Gasteiger partial charge >= 0.3 is 0 Å². The number of non-ortho nitro benzene ring substituents is 1. The molecule has 0 unspecified atom stereocenters. The standard InChI is InChI=1S/C22H14ClF4N5O4/c1-10-4-11(23)2-3-18(10)36-14-6-12(5-13(7-14)32(34)35)28-22(33)16-9-19-29-15(20(24)25)8-17(21(26)27)31(19)30-16/h2-9,20-21H,1H3,(H,28,33). The summed E-state index contributed by atoms with van der Waals surface area (Å²) in [7, 11) is 0. The number of hydrogen-bond acceptors (Lipinski definition) is 6. The smallest absolute Gasteiger partial charge is 0.280 e. The Hall–Kier alpha value is -4.26. The lowest BCUT2D eigenvalue weighted by Gasteiger charge is -2.11. The van der Waals surface area contributed by atoms with Gasteiger partial charge in [0.25, 0.3) is 24.4 Å². The number of nitro benzene ring substituents is 1. The number of fused-ring (bicyclic) bond motifs is 1. The van der Waals surface area contributed by atoms with Crippen LogP contribution in [0.25, 0.3) is 5.65 Å². The number of rotatable bonds is 7. The molecule has 0 saturated carbocycles. The molecule has 186 valence electrons. The number of hydrogen-bond donors (Lipinski definition) is 1. The van der Waals surface area contributed by atoms with Crippen molar-refractivity contribution in [2.24, 2.45) is 0 Å². The first-order chi connectivity index (χ1) is 17.0. The Bertz CT molecular complexity index is 1500. The van der Waals surface area contributed by atoms with Gasteiger partial charge in [-0.25, -0.2) is 27.1 Å². The van der Waals surface area contributed by atoms with E-state index in [0.29, 0.717) is 26.9 Å². The first-order valence-corrected chi connectivity index (χ1v) is 10.4. The first-order valence-electron chi connectivity index (χ1n) is 10.0. The van der Waals surface area contributed by atoms with E-state index in [1.807, 2.05) is 0 Å². The molecule has 2 aromatic carbocycles. The van der Waals surface area contributed by atoms with Crippen LogP contribution in [0.4, 0.5) is 28.9 Å². The number of alkyl halides is 4. The highest BCUT2D eigenvalue weighted by molar-refractivity contribution is 6.30. The number of aryl methyl sites for hydroxylation is 1. The number of carbonyl (C=O) groups is 1. The quantitative estimate of drug-likeness (QED) is 0.168. The molecule has 0 atom stereocenters. The van der Waals surface area contributed by atoms with Gasteiger partial charge in [0.15, 0.2) is 11.3 Å². The minimum atomic E-state index is -3.17. The van der Waals surface area contributed by atoms with Gasteiger partial charge in [0.1, 0.15) is 22.9 Å². The van der Waals surface area contributed by atoms with Crippen LogP contribution in [0.15, 0.2) is 48.5 Å². The number of anilines is 1. The molecule has 4 rings (SSSR count). The fraction of sp³-hybridized carbons (Fsp3) is 0.136. The zero-order valence-corrected chi connectivity index (χ0v) is 18.8. The Morgan fingerprint density at radius 1 is 1.11 bits per heavy atom. The van der Waals surface area contributed by atoms with Crippen LogP contribution in [0.5, 0.6) is 11.5 Å². The van der Waals surface area contributed by atoms with Crippen molar-refractivity contribution >= 4 is 34.5 Å². The summed E-state index contributed by atoms with van der Waals surface area (Å²) in [4.78, 5) is 27.0. The highest BCUT2D eigenvalue weighted by Gasteiger charge is 2.23. The Kier molecular flexibility index (Phi) is 6.75. The third-order valence-corrected chi connectivity index (χ3v) is 5.11. The second kappa shape index (κ2) is 9.77. The molecule has 0 saturated heterocycles. The number of halogens is 5. The molecule has 36 heavy (non-hydrogen) atoms. The van der Waals surface area contributed by atoms with Gasteiger partial charge < -0.3 is 10.1 Å². The zero-order chi connectivity index (χ0) is 26.1. The molecular formula is C22H14ClF4N5O4. The predicted octanol–water partition coefficient (Wildman–Crippen LogP) is 6.52. The molecule has 4 aromatic rings. The molecule has 2 aromatic heterocycles. The van der Waals surface area contributed by atoms with Gasteiger partial charge in [-0.2, -0.15) is 5.10 Å². The van der Waals surface area contributed by atoms with Crippen molar-refractivity contribution in [2.75, 3.05) is 5.32 Å². The van der Waals surface area contributed by atoms with Crippen LogP contribution in [0.1, 0.15) is 40.3 Å². The fourth-order valence-electron chi connectivity index (χ4n) is 3.27. The highest BCUT2D eigenvalue weighted by Crippen LogP contribution is 2.32. The van der Waals surface area contributed by atoms with Crippen molar-refractivity contribution in [3.05, 3.63) is 86.3 Å². The summed E-state index contributed by atoms with van der Waals surface area (Å²) in [6.45, 7) is 1.71. The van der Waals surface area contributed by atoms with E-state index in [2.05, 4.69) is 15.4 Å². The minimum absolute atomic E-state index is 0.0168. The van der Waals surface area contributed by atoms with E-state index < -0.39 is 52.1 Å². The van der Waals surface area contributed by atoms with Crippen LogP contribution in [0.3, 0.4) is 0 Å². The van der Waals surface area contributed by atoms with E-state index >= 15 is 0 Å². The molecule has 1 amide bonds. The third-order valence-electron chi connectivity index (χ3n) is 4.88. The van der Waals surface area contributed by atoms with Gasteiger partial charge in [-0.1, -0.05) is 11.6 Å². The molecule has 0 aliphatic carbocycles. The maximum atomic E-state index is 13.4. The summed E-state index contributed by atoms with van der Waals surface area (Å²) in [6.07, 6.45) is -6.29. The van der Waals surface area contributed by atoms with Crippen molar-refractivity contribution in [1.82, 2.24) is 14.6 Å². The summed E-state index contributed by atoms with van der Waals surface area (Å²) >= 11 is 5.92. The Morgan fingerprint density at radius 2 is 1.86 bits per heavy atom. The summed E-state index contributed by atoms with van der Waals surface area (Å²) in [5.41, 5.74) is -2.43. The van der Waals surface area contributed by atoms with Crippen LogP contribution in [-0.4, -0.2) is 25.4 Å². The number of aromatic nitrogens is 3. The van der Waals surface area contributed by atoms with E-state index in [1.165, 1.54) is 6.07 Å². The Morgan fingerprint density at radius 3 is 2.50 bits per heavy atom. The zero-order valence-electron chi connectivity index (χ0n) is 18.1. The second-order valence-electron chi connectivity index (χ2n) is 7.45. The molecule has 0 spiro atoms. The number of nitrogens with one attached hydrogen (secondary N) is 1. The number of amides is 1. The van der Waals surface area contributed by atoms with E-state index in [-0.39, 0.29) is 11.4 Å². The van der Waals surface area contributed by atoms with Gasteiger partial charge in [0.05, 0.1) is 16.7 Å². The number of nitro groups is 1. The van der Waals surface area contributed by atoms with Crippen LogP contribution < -0.4 is 10.1 Å². The van der Waals surface area contributed by atoms with Gasteiger partial charge in [0.2, 0.25) is 0 Å². The van der Waals surface area contributed by atoms with Crippen LogP contribution in [0, 0.1) is 17.0 Å². The van der Waals surface area contributed by atoms with Gasteiger partial charge in [-0.3, -0.25) is 14.9 Å². The van der Waals surface area contributed by atoms with E-state index in [4.69, 9.17) is 16.3 Å². The number of carbonyl (C=O) groups excluding carboxylic acids is 1. The van der Waals surface area contributed by atoms with Gasteiger partial charge in [0, 0.05) is 23.2 Å². The predicted molar refractivity (Wildman–Crippen MR) is 120 cm³/mol. The third kappa shape index (κ3) is 5.20. The van der Waals surface area contributed by atoms with Gasteiger partial charge in [-0.05, 0) is 36.8 Å². The largest absolute Gasteiger partial charge is 0.457 e. The molecular weight excluding hydrogens is 510 g/mol. The van der Waals surface area contributed by atoms with Crippen molar-refractivity contribution in [3.63, 3.8) is 0 Å². The normalized spacial score (nSPS) is 11.3. The maximum Gasteiger partial charge on any atom is 0.280 e. The Balaban J connectivity index is 1.67. The molecule has 0 fully saturated rings. The number of nitrogens with zero attached hydrogens (tertiary/aromatic N) is 4. The first kappa shape index (κ1) is 24.9. The lowest BCUT2D eigenvalue weighted by molar-refractivity contribution is -0.384. The van der Waals surface area contributed by atoms with E-state index in [9.17, 15) is 32.5 Å². The number of ether oxygens (including phenoxy) is 1. The molecule has 0 bridgehead atoms. The molecule has 14 heteroatoms. The van der Waals surface area contributed by atoms with Crippen LogP contribution in [0.2, 0.25) is 5.02 Å². The molecule has 0 aliphatic heterocycles. The lowest BCUT2D eigenvalue weighted by Crippen LogP contribution is -2.13. The van der Waals surface area contributed by atoms with Crippen molar-refractivity contribution in [1.29, 1.82) is 0 Å². The SMILES string of the molecule is Cc1cc(Cl)ccc1Oc1cc(NC(=O)c2cc3nc(C(F)F)cc(C(F)F)n3n2)cc([N+](=O)[O-])c1. The molecule has 1 N–H and O–H groups in total. The minimum Gasteiger partial charge on any atom is -0.457 e. The topological polar surface area (TPSA) is 112 Å². The molecule has 2 heterocycles. The van der Waals surface area contributed by atoms with Gasteiger partial charge in [-0.15, -0.1) is 0 Å². The molecule has 9 nitrogen and oxygen atoms in total. The van der Waals surface area contributed by atoms with Crippen LogP contribution in [-0.2, 0) is 0 Å². The van der Waals surface area contributed by atoms with E-state index in [1.54, 1.807) is 25.1 Å². The van der Waals surface area contributed by atoms with E-state index in [0.717, 1.165) is 18.2 Å². The average molecular weight is 524 g/mol. The average Bonchev–Trinajstić information content (AvgIpc) is 3.24. The summed E-state index contributed by atoms with van der Waals surface area (Å²) < 4.78 is 59.1. The van der Waals surface area contributed by atoms with Crippen molar-refractivity contribution in [3.8, 4) is 11.5 Å². The van der Waals surface area contributed by atoms with Crippen LogP contribution >= 0.6 is 11.6 Å². The fourth-order valence-corrected chi connectivity index (χ4v) is 3.49. The molecule has 0 radical (unpaired) electrons. The van der Waals surface area contributed by atoms with Crippen molar-refractivity contribution in [2.45, 2.75) is 19.8 Å². The lowest BCUT2D eigenvalue weighted by atomic mass is 10.2. The molecule has 0 aliphatic rings. The van der Waals surface area contributed by atoms with Crippen molar-refractivity contribution < 1.29 is 32.0 Å².